The number of fused-ring (bicyclic) bond motifs is 1. The summed E-state index contributed by atoms with van der Waals surface area (Å²) in [7, 11) is 0. The van der Waals surface area contributed by atoms with E-state index >= 15 is 0 Å². The summed E-state index contributed by atoms with van der Waals surface area (Å²) < 4.78 is 13.2. The van der Waals surface area contributed by atoms with Crippen LogP contribution < -0.4 is 10.9 Å². The van der Waals surface area contributed by atoms with Gasteiger partial charge in [-0.15, -0.1) is 0 Å². The van der Waals surface area contributed by atoms with Crippen molar-refractivity contribution >= 4 is 5.91 Å². The topological polar surface area (TPSA) is 47.6 Å². The van der Waals surface area contributed by atoms with E-state index in [1.54, 1.807) is 0 Å². The number of halogens is 1. The number of nitrogens with zero attached hydrogens (tertiary/aromatic N) is 2. The second-order valence-electron chi connectivity index (χ2n) is 8.83. The van der Waals surface area contributed by atoms with Crippen LogP contribution in [0.1, 0.15) is 38.3 Å². The molecule has 1 amide bonds. The van der Waals surface area contributed by atoms with Gasteiger partial charge >= 0.3 is 0 Å². The Morgan fingerprint density at radius 2 is 2.04 bits per heavy atom. The van der Waals surface area contributed by atoms with E-state index in [0.717, 1.165) is 44.7 Å². The van der Waals surface area contributed by atoms with E-state index in [-0.39, 0.29) is 11.9 Å². The zero-order valence-corrected chi connectivity index (χ0v) is 16.3. The standard InChI is InChI=1S/C21H31FN4O/c1-14(2)9-20(27)26-8-7-16-11-25(13-19(16)26)12-17-10-23-24-21(17)15-3-5-18(22)6-4-15/h3-6,14,16-17,19,21,23-24H,7-13H2,1-2H3/t16-,17?,19+,21?/m1/s1. The second-order valence-corrected chi connectivity index (χ2v) is 8.83. The molecule has 0 aliphatic carbocycles. The second kappa shape index (κ2) is 7.86. The normalized spacial score (nSPS) is 31.0. The lowest BCUT2D eigenvalue weighted by Crippen LogP contribution is -2.41. The Balaban J connectivity index is 1.37. The lowest BCUT2D eigenvalue weighted by atomic mass is 9.94. The molecule has 3 saturated heterocycles. The SMILES string of the molecule is CC(C)CC(=O)N1CC[C@@H]2CN(CC3CNNC3c3ccc(F)cc3)C[C@@H]21. The molecular weight excluding hydrogens is 343 g/mol. The van der Waals surface area contributed by atoms with Crippen molar-refractivity contribution in [3.63, 3.8) is 0 Å². The number of hydrazine groups is 1. The highest BCUT2D eigenvalue weighted by molar-refractivity contribution is 5.77. The number of benzene rings is 1. The smallest absolute Gasteiger partial charge is 0.223 e. The van der Waals surface area contributed by atoms with Crippen molar-refractivity contribution in [2.75, 3.05) is 32.7 Å². The number of nitrogens with one attached hydrogen (secondary N) is 2. The Labute approximate surface area is 161 Å². The van der Waals surface area contributed by atoms with Crippen LogP contribution in [0.4, 0.5) is 4.39 Å². The van der Waals surface area contributed by atoms with Crippen LogP contribution in [-0.4, -0.2) is 54.5 Å². The fourth-order valence-electron chi connectivity index (χ4n) is 5.04. The molecule has 0 spiro atoms. The molecule has 0 bridgehead atoms. The largest absolute Gasteiger partial charge is 0.338 e. The number of hydrogen-bond acceptors (Lipinski definition) is 4. The van der Waals surface area contributed by atoms with E-state index in [4.69, 9.17) is 0 Å². The summed E-state index contributed by atoms with van der Waals surface area (Å²) >= 11 is 0. The molecule has 2 unspecified atom stereocenters. The molecule has 1 aromatic carbocycles. The van der Waals surface area contributed by atoms with Gasteiger partial charge in [-0.2, -0.15) is 0 Å². The highest BCUT2D eigenvalue weighted by Crippen LogP contribution is 2.34. The van der Waals surface area contributed by atoms with Gasteiger partial charge in [-0.3, -0.25) is 10.2 Å². The number of carbonyl (C=O) groups excluding carboxylic acids is 1. The third-order valence-electron chi connectivity index (χ3n) is 6.34. The molecule has 4 rings (SSSR count). The zero-order valence-electron chi connectivity index (χ0n) is 16.3. The van der Waals surface area contributed by atoms with Gasteiger partial charge < -0.3 is 9.80 Å². The maximum absolute atomic E-state index is 13.2. The van der Waals surface area contributed by atoms with Crippen LogP contribution in [0, 0.1) is 23.6 Å². The first-order valence-corrected chi connectivity index (χ1v) is 10.3. The first kappa shape index (κ1) is 18.8. The Bertz CT molecular complexity index is 665. The third kappa shape index (κ3) is 4.03. The molecular formula is C21H31FN4O. The molecule has 0 saturated carbocycles. The molecule has 4 atom stereocenters. The molecule has 1 aromatic rings. The Morgan fingerprint density at radius 3 is 2.78 bits per heavy atom. The highest BCUT2D eigenvalue weighted by Gasteiger charge is 2.44. The van der Waals surface area contributed by atoms with Gasteiger partial charge in [-0.05, 0) is 36.0 Å². The van der Waals surface area contributed by atoms with Crippen LogP contribution in [0.25, 0.3) is 0 Å². The van der Waals surface area contributed by atoms with E-state index < -0.39 is 0 Å². The van der Waals surface area contributed by atoms with Gasteiger partial charge in [0.25, 0.3) is 0 Å². The minimum absolute atomic E-state index is 0.195. The fraction of sp³-hybridized carbons (Fsp3) is 0.667. The number of hydrogen-bond donors (Lipinski definition) is 2. The van der Waals surface area contributed by atoms with Crippen LogP contribution in [0.2, 0.25) is 0 Å². The fourth-order valence-corrected chi connectivity index (χ4v) is 5.04. The minimum atomic E-state index is -0.195. The molecule has 0 radical (unpaired) electrons. The molecule has 27 heavy (non-hydrogen) atoms. The summed E-state index contributed by atoms with van der Waals surface area (Å²) in [5, 5.41) is 0. The molecule has 3 heterocycles. The molecule has 3 aliphatic rings. The van der Waals surface area contributed by atoms with Crippen molar-refractivity contribution in [2.45, 2.75) is 38.8 Å². The summed E-state index contributed by atoms with van der Waals surface area (Å²) in [4.78, 5) is 17.2. The lowest BCUT2D eigenvalue weighted by Gasteiger charge is -2.28. The van der Waals surface area contributed by atoms with Crippen LogP contribution in [0.5, 0.6) is 0 Å². The minimum Gasteiger partial charge on any atom is -0.338 e. The maximum atomic E-state index is 13.2. The van der Waals surface area contributed by atoms with Gasteiger partial charge in [0.15, 0.2) is 0 Å². The summed E-state index contributed by atoms with van der Waals surface area (Å²) in [6.07, 6.45) is 1.79. The van der Waals surface area contributed by atoms with E-state index in [1.165, 1.54) is 12.1 Å². The van der Waals surface area contributed by atoms with Crippen LogP contribution in [0.3, 0.4) is 0 Å². The number of rotatable bonds is 5. The number of amides is 1. The molecule has 3 aliphatic heterocycles. The van der Waals surface area contributed by atoms with Gasteiger partial charge in [0.1, 0.15) is 5.82 Å². The molecule has 148 valence electrons. The van der Waals surface area contributed by atoms with Gasteiger partial charge in [0.2, 0.25) is 5.91 Å². The van der Waals surface area contributed by atoms with Crippen molar-refractivity contribution < 1.29 is 9.18 Å². The lowest BCUT2D eigenvalue weighted by molar-refractivity contribution is -0.132. The van der Waals surface area contributed by atoms with E-state index in [1.807, 2.05) is 12.1 Å². The summed E-state index contributed by atoms with van der Waals surface area (Å²) in [6.45, 7) is 9.14. The van der Waals surface area contributed by atoms with Crippen LogP contribution in [-0.2, 0) is 4.79 Å². The average molecular weight is 375 g/mol. The van der Waals surface area contributed by atoms with Crippen molar-refractivity contribution in [1.29, 1.82) is 0 Å². The van der Waals surface area contributed by atoms with Crippen molar-refractivity contribution in [2.24, 2.45) is 17.8 Å². The highest BCUT2D eigenvalue weighted by atomic mass is 19.1. The third-order valence-corrected chi connectivity index (χ3v) is 6.34. The zero-order chi connectivity index (χ0) is 19.0. The first-order chi connectivity index (χ1) is 13.0. The summed E-state index contributed by atoms with van der Waals surface area (Å²) in [5.41, 5.74) is 7.75. The molecule has 3 fully saturated rings. The van der Waals surface area contributed by atoms with Crippen molar-refractivity contribution in [3.8, 4) is 0 Å². The van der Waals surface area contributed by atoms with E-state index in [2.05, 4.69) is 34.5 Å². The Kier molecular flexibility index (Phi) is 5.48. The van der Waals surface area contributed by atoms with Gasteiger partial charge in [-0.1, -0.05) is 26.0 Å². The summed E-state index contributed by atoms with van der Waals surface area (Å²) in [5.74, 6) is 1.61. The molecule has 5 nitrogen and oxygen atoms in total. The molecule has 6 heteroatoms. The number of carbonyl (C=O) groups is 1. The predicted octanol–water partition coefficient (Wildman–Crippen LogP) is 2.17. The number of likely N-dealkylation sites (tertiary alicyclic amines) is 2. The van der Waals surface area contributed by atoms with E-state index in [0.29, 0.717) is 36.1 Å². The van der Waals surface area contributed by atoms with Crippen LogP contribution >= 0.6 is 0 Å². The van der Waals surface area contributed by atoms with Gasteiger partial charge in [0.05, 0.1) is 6.04 Å². The van der Waals surface area contributed by atoms with Crippen molar-refractivity contribution in [1.82, 2.24) is 20.7 Å². The first-order valence-electron chi connectivity index (χ1n) is 10.3. The average Bonchev–Trinajstić information content (AvgIpc) is 3.31. The van der Waals surface area contributed by atoms with Crippen molar-refractivity contribution in [3.05, 3.63) is 35.6 Å². The Hall–Kier alpha value is -1.50. The van der Waals surface area contributed by atoms with Gasteiger partial charge in [0, 0.05) is 51.1 Å². The molecule has 0 aromatic heterocycles. The molecule has 2 N–H and O–H groups in total. The van der Waals surface area contributed by atoms with E-state index in [9.17, 15) is 9.18 Å². The quantitative estimate of drug-likeness (QED) is 0.829. The summed E-state index contributed by atoms with van der Waals surface area (Å²) in [6, 6.07) is 7.40. The monoisotopic (exact) mass is 374 g/mol. The predicted molar refractivity (Wildman–Crippen MR) is 103 cm³/mol. The van der Waals surface area contributed by atoms with Crippen LogP contribution in [0.15, 0.2) is 24.3 Å². The Morgan fingerprint density at radius 1 is 1.26 bits per heavy atom. The van der Waals surface area contributed by atoms with Gasteiger partial charge in [-0.25, -0.2) is 9.82 Å². The maximum Gasteiger partial charge on any atom is 0.223 e.